The summed E-state index contributed by atoms with van der Waals surface area (Å²) in [6.07, 6.45) is 7.53. The molecule has 0 unspecified atom stereocenters. The lowest BCUT2D eigenvalue weighted by Crippen LogP contribution is -1.95. The molecule has 0 aliphatic heterocycles. The second kappa shape index (κ2) is 5.17. The van der Waals surface area contributed by atoms with Crippen LogP contribution in [0.4, 0.5) is 0 Å². The first-order chi connectivity index (χ1) is 6.84. The highest BCUT2D eigenvalue weighted by molar-refractivity contribution is 9.10. The first-order valence-corrected chi connectivity index (χ1v) is 6.91. The Morgan fingerprint density at radius 3 is 2.79 bits per heavy atom. The van der Waals surface area contributed by atoms with Gasteiger partial charge in [0.2, 0.25) is 0 Å². The normalized spacial score (nSPS) is 17.5. The molecular weight excluding hydrogens is 258 g/mol. The van der Waals surface area contributed by atoms with Gasteiger partial charge in [0.05, 0.1) is 5.69 Å². The number of pyridine rings is 1. The summed E-state index contributed by atoms with van der Waals surface area (Å²) in [5.74, 6) is 1.07. The van der Waals surface area contributed by atoms with Crippen molar-refractivity contribution in [1.29, 1.82) is 0 Å². The smallest absolute Gasteiger partial charge is 0.0503 e. The average molecular weight is 272 g/mol. The predicted octanol–water partition coefficient (Wildman–Crippen LogP) is 4.02. The van der Waals surface area contributed by atoms with Crippen molar-refractivity contribution in [3.63, 3.8) is 0 Å². The van der Waals surface area contributed by atoms with Gasteiger partial charge in [-0.1, -0.05) is 12.8 Å². The first kappa shape index (κ1) is 10.5. The summed E-state index contributed by atoms with van der Waals surface area (Å²) in [4.78, 5) is 4.37. The Balaban J connectivity index is 1.82. The van der Waals surface area contributed by atoms with Gasteiger partial charge in [-0.3, -0.25) is 4.98 Å². The molecule has 0 N–H and O–H groups in total. The molecule has 1 aromatic heterocycles. The fourth-order valence-corrected chi connectivity index (χ4v) is 3.23. The van der Waals surface area contributed by atoms with E-state index in [1.165, 1.54) is 31.4 Å². The second-order valence-electron chi connectivity index (χ2n) is 3.69. The first-order valence-electron chi connectivity index (χ1n) is 5.06. The molecule has 0 amide bonds. The van der Waals surface area contributed by atoms with E-state index in [-0.39, 0.29) is 0 Å². The maximum Gasteiger partial charge on any atom is 0.0503 e. The lowest BCUT2D eigenvalue weighted by molar-refractivity contribution is 0.886. The van der Waals surface area contributed by atoms with E-state index in [1.54, 1.807) is 0 Å². The summed E-state index contributed by atoms with van der Waals surface area (Å²) in [5, 5.41) is 0.889. The molecule has 1 nitrogen and oxygen atoms in total. The summed E-state index contributed by atoms with van der Waals surface area (Å²) < 4.78 is 1.06. The summed E-state index contributed by atoms with van der Waals surface area (Å²) in [7, 11) is 0. The van der Waals surface area contributed by atoms with Gasteiger partial charge in [-0.25, -0.2) is 0 Å². The summed E-state index contributed by atoms with van der Waals surface area (Å²) >= 11 is 5.46. The standard InChI is InChI=1S/C11H14BrNS/c12-9-5-6-10(13-7-9)8-14-11-3-1-2-4-11/h5-7,11H,1-4,8H2. The number of rotatable bonds is 3. The molecule has 1 heterocycles. The van der Waals surface area contributed by atoms with Crippen LogP contribution in [0.2, 0.25) is 0 Å². The second-order valence-corrected chi connectivity index (χ2v) is 5.89. The number of hydrogen-bond donors (Lipinski definition) is 0. The van der Waals surface area contributed by atoms with Crippen molar-refractivity contribution < 1.29 is 0 Å². The maximum absolute atomic E-state index is 4.37. The Bertz CT molecular complexity index is 280. The van der Waals surface area contributed by atoms with E-state index in [0.717, 1.165) is 15.5 Å². The third-order valence-corrected chi connectivity index (χ3v) is 4.43. The summed E-state index contributed by atoms with van der Waals surface area (Å²) in [5.41, 5.74) is 1.20. The quantitative estimate of drug-likeness (QED) is 0.824. The van der Waals surface area contributed by atoms with Crippen molar-refractivity contribution in [3.05, 3.63) is 28.5 Å². The van der Waals surface area contributed by atoms with Crippen LogP contribution in [0.25, 0.3) is 0 Å². The van der Waals surface area contributed by atoms with Crippen molar-refractivity contribution in [1.82, 2.24) is 4.98 Å². The molecule has 2 rings (SSSR count). The van der Waals surface area contributed by atoms with Crippen molar-refractivity contribution >= 4 is 27.7 Å². The Morgan fingerprint density at radius 2 is 2.14 bits per heavy atom. The highest BCUT2D eigenvalue weighted by Crippen LogP contribution is 2.31. The third-order valence-electron chi connectivity index (χ3n) is 2.56. The van der Waals surface area contributed by atoms with Crippen LogP contribution in [0.5, 0.6) is 0 Å². The van der Waals surface area contributed by atoms with E-state index in [1.807, 2.05) is 6.20 Å². The number of aromatic nitrogens is 1. The third kappa shape index (κ3) is 2.99. The SMILES string of the molecule is Brc1ccc(CSC2CCCC2)nc1. The number of hydrogen-bond acceptors (Lipinski definition) is 2. The number of nitrogens with zero attached hydrogens (tertiary/aromatic N) is 1. The van der Waals surface area contributed by atoms with Crippen molar-refractivity contribution in [2.75, 3.05) is 0 Å². The molecule has 0 radical (unpaired) electrons. The Labute approximate surface area is 97.8 Å². The Kier molecular flexibility index (Phi) is 3.88. The summed E-state index contributed by atoms with van der Waals surface area (Å²) in [6, 6.07) is 4.17. The molecular formula is C11H14BrNS. The molecule has 1 fully saturated rings. The largest absolute Gasteiger partial charge is 0.259 e. The number of thioether (sulfide) groups is 1. The molecule has 0 bridgehead atoms. The topological polar surface area (TPSA) is 12.9 Å². The van der Waals surface area contributed by atoms with E-state index in [0.29, 0.717) is 0 Å². The van der Waals surface area contributed by atoms with Gasteiger partial charge >= 0.3 is 0 Å². The minimum Gasteiger partial charge on any atom is -0.259 e. The fraction of sp³-hybridized carbons (Fsp3) is 0.545. The van der Waals surface area contributed by atoms with E-state index >= 15 is 0 Å². The van der Waals surface area contributed by atoms with Crippen LogP contribution in [-0.4, -0.2) is 10.2 Å². The van der Waals surface area contributed by atoms with Crippen molar-refractivity contribution in [2.24, 2.45) is 0 Å². The predicted molar refractivity (Wildman–Crippen MR) is 65.5 cm³/mol. The van der Waals surface area contributed by atoms with Crippen LogP contribution in [0.1, 0.15) is 31.4 Å². The van der Waals surface area contributed by atoms with Crippen LogP contribution in [0.15, 0.2) is 22.8 Å². The highest BCUT2D eigenvalue weighted by atomic mass is 79.9. The van der Waals surface area contributed by atoms with Crippen LogP contribution < -0.4 is 0 Å². The monoisotopic (exact) mass is 271 g/mol. The number of halogens is 1. The van der Waals surface area contributed by atoms with Gasteiger partial charge in [0, 0.05) is 21.7 Å². The van der Waals surface area contributed by atoms with Gasteiger partial charge in [0.1, 0.15) is 0 Å². The molecule has 0 aromatic carbocycles. The molecule has 1 aliphatic rings. The zero-order chi connectivity index (χ0) is 9.80. The van der Waals surface area contributed by atoms with Crippen molar-refractivity contribution in [2.45, 2.75) is 36.7 Å². The van der Waals surface area contributed by atoms with Crippen LogP contribution >= 0.6 is 27.7 Å². The molecule has 0 spiro atoms. The molecule has 1 aliphatic carbocycles. The van der Waals surface area contributed by atoms with Gasteiger partial charge in [-0.05, 0) is 40.9 Å². The molecule has 0 atom stereocenters. The molecule has 14 heavy (non-hydrogen) atoms. The van der Waals surface area contributed by atoms with Gasteiger partial charge in [-0.15, -0.1) is 0 Å². The Hall–Kier alpha value is -0.0200. The van der Waals surface area contributed by atoms with Gasteiger partial charge in [0.15, 0.2) is 0 Å². The molecule has 1 saturated carbocycles. The molecule has 0 saturated heterocycles. The summed E-state index contributed by atoms with van der Waals surface area (Å²) in [6.45, 7) is 0. The highest BCUT2D eigenvalue weighted by Gasteiger charge is 2.15. The Morgan fingerprint density at radius 1 is 1.36 bits per heavy atom. The molecule has 76 valence electrons. The van der Waals surface area contributed by atoms with Crippen LogP contribution in [-0.2, 0) is 5.75 Å². The van der Waals surface area contributed by atoms with E-state index in [2.05, 4.69) is 44.8 Å². The zero-order valence-electron chi connectivity index (χ0n) is 8.08. The lowest BCUT2D eigenvalue weighted by atomic mass is 10.4. The van der Waals surface area contributed by atoms with E-state index in [9.17, 15) is 0 Å². The maximum atomic E-state index is 4.37. The van der Waals surface area contributed by atoms with E-state index in [4.69, 9.17) is 0 Å². The van der Waals surface area contributed by atoms with Gasteiger partial charge < -0.3 is 0 Å². The van der Waals surface area contributed by atoms with Gasteiger partial charge in [0.25, 0.3) is 0 Å². The fourth-order valence-electron chi connectivity index (χ4n) is 1.75. The molecule has 3 heteroatoms. The zero-order valence-corrected chi connectivity index (χ0v) is 10.5. The van der Waals surface area contributed by atoms with Crippen molar-refractivity contribution in [3.8, 4) is 0 Å². The van der Waals surface area contributed by atoms with Crippen LogP contribution in [0.3, 0.4) is 0 Å². The van der Waals surface area contributed by atoms with E-state index < -0.39 is 0 Å². The van der Waals surface area contributed by atoms with Crippen LogP contribution in [0, 0.1) is 0 Å². The lowest BCUT2D eigenvalue weighted by Gasteiger charge is -2.07. The minimum atomic E-state index is 0.889. The minimum absolute atomic E-state index is 0.889. The van der Waals surface area contributed by atoms with Gasteiger partial charge in [-0.2, -0.15) is 11.8 Å². The molecule has 1 aromatic rings. The average Bonchev–Trinajstić information content (AvgIpc) is 2.70.